The van der Waals surface area contributed by atoms with E-state index in [0.29, 0.717) is 5.56 Å². The van der Waals surface area contributed by atoms with Crippen LogP contribution in [0.1, 0.15) is 29.8 Å². The maximum absolute atomic E-state index is 11.8. The number of hydrogen-bond donors (Lipinski definition) is 0. The maximum Gasteiger partial charge on any atom is 0.516 e. The van der Waals surface area contributed by atoms with Crippen molar-refractivity contribution in [2.75, 3.05) is 13.2 Å². The molecule has 0 N–H and O–H groups in total. The highest BCUT2D eigenvalue weighted by atomic mass is 16.7. The van der Waals surface area contributed by atoms with E-state index in [0.717, 1.165) is 0 Å². The molecule has 0 atom stereocenters. The molecule has 114 valence electrons. The molecule has 1 aromatic rings. The molecule has 0 aliphatic carbocycles. The zero-order chi connectivity index (χ0) is 15.8. The number of ether oxygens (including phenoxy) is 4. The first-order valence-corrected chi connectivity index (χ1v) is 6.31. The Labute approximate surface area is 121 Å². The van der Waals surface area contributed by atoms with Crippen molar-refractivity contribution >= 4 is 18.3 Å². The summed E-state index contributed by atoms with van der Waals surface area (Å²) in [5.41, 5.74) is 0.704. The lowest BCUT2D eigenvalue weighted by Crippen LogP contribution is -2.15. The third kappa shape index (κ3) is 5.52. The highest BCUT2D eigenvalue weighted by Gasteiger charge is 2.16. The molecule has 1 rings (SSSR count). The number of carbonyl (C=O) groups is 3. The van der Waals surface area contributed by atoms with Crippen LogP contribution in [0, 0.1) is 6.92 Å². The second kappa shape index (κ2) is 7.88. The smallest absolute Gasteiger partial charge is 0.434 e. The van der Waals surface area contributed by atoms with Gasteiger partial charge in [-0.3, -0.25) is 0 Å². The standard InChI is InChI=1S/C14H16O7/c1-4-18-13(16)20-11-7-9(3)6-10(8-11)12(15)21-14(17)19-5-2/h6-8H,4-5H2,1-3H3. The Morgan fingerprint density at radius 1 is 0.952 bits per heavy atom. The number of hydrogen-bond acceptors (Lipinski definition) is 7. The molecule has 7 nitrogen and oxygen atoms in total. The van der Waals surface area contributed by atoms with Crippen molar-refractivity contribution < 1.29 is 33.3 Å². The van der Waals surface area contributed by atoms with Gasteiger partial charge in [-0.15, -0.1) is 0 Å². The topological polar surface area (TPSA) is 88.1 Å². The molecule has 0 aliphatic heterocycles. The van der Waals surface area contributed by atoms with E-state index in [9.17, 15) is 14.4 Å². The molecule has 0 saturated heterocycles. The minimum Gasteiger partial charge on any atom is -0.434 e. The Bertz CT molecular complexity index is 536. The van der Waals surface area contributed by atoms with E-state index >= 15 is 0 Å². The van der Waals surface area contributed by atoms with Crippen molar-refractivity contribution in [1.29, 1.82) is 0 Å². The van der Waals surface area contributed by atoms with Crippen LogP contribution in [0.25, 0.3) is 0 Å². The van der Waals surface area contributed by atoms with Crippen molar-refractivity contribution in [3.63, 3.8) is 0 Å². The summed E-state index contributed by atoms with van der Waals surface area (Å²) < 4.78 is 18.5. The van der Waals surface area contributed by atoms with Gasteiger partial charge in [-0.1, -0.05) is 0 Å². The third-order valence-electron chi connectivity index (χ3n) is 2.19. The van der Waals surface area contributed by atoms with E-state index in [2.05, 4.69) is 14.2 Å². The van der Waals surface area contributed by atoms with E-state index in [1.165, 1.54) is 18.2 Å². The Kier molecular flexibility index (Phi) is 6.19. The summed E-state index contributed by atoms with van der Waals surface area (Å²) in [5.74, 6) is -0.782. The SMILES string of the molecule is CCOC(=O)OC(=O)c1cc(C)cc(OC(=O)OCC)c1. The van der Waals surface area contributed by atoms with Crippen molar-refractivity contribution in [3.05, 3.63) is 29.3 Å². The molecule has 21 heavy (non-hydrogen) atoms. The summed E-state index contributed by atoms with van der Waals surface area (Å²) in [4.78, 5) is 34.1. The quantitative estimate of drug-likeness (QED) is 0.479. The van der Waals surface area contributed by atoms with Crippen LogP contribution < -0.4 is 4.74 Å². The summed E-state index contributed by atoms with van der Waals surface area (Å²) >= 11 is 0. The van der Waals surface area contributed by atoms with Crippen molar-refractivity contribution in [1.82, 2.24) is 0 Å². The monoisotopic (exact) mass is 296 g/mol. The molecule has 7 heteroatoms. The molecule has 0 fully saturated rings. The van der Waals surface area contributed by atoms with Crippen LogP contribution in [0.5, 0.6) is 5.75 Å². The summed E-state index contributed by atoms with van der Waals surface area (Å²) in [7, 11) is 0. The van der Waals surface area contributed by atoms with Crippen LogP contribution >= 0.6 is 0 Å². The zero-order valence-corrected chi connectivity index (χ0v) is 12.0. The van der Waals surface area contributed by atoms with Gasteiger partial charge >= 0.3 is 18.3 Å². The lowest BCUT2D eigenvalue weighted by atomic mass is 10.1. The molecule has 1 aromatic carbocycles. The molecule has 0 unspecified atom stereocenters. The highest BCUT2D eigenvalue weighted by Crippen LogP contribution is 2.18. The van der Waals surface area contributed by atoms with E-state index in [1.54, 1.807) is 20.8 Å². The lowest BCUT2D eigenvalue weighted by molar-refractivity contribution is 0.0400. The Hall–Kier alpha value is -2.57. The Morgan fingerprint density at radius 3 is 2.19 bits per heavy atom. The van der Waals surface area contributed by atoms with Gasteiger partial charge < -0.3 is 18.9 Å². The molecule has 0 saturated carbocycles. The highest BCUT2D eigenvalue weighted by molar-refractivity contribution is 5.95. The number of benzene rings is 1. The normalized spacial score (nSPS) is 9.67. The summed E-state index contributed by atoms with van der Waals surface area (Å²) in [6.07, 6.45) is -1.97. The van der Waals surface area contributed by atoms with Crippen LogP contribution in [0.2, 0.25) is 0 Å². The number of esters is 1. The Balaban J connectivity index is 2.83. The third-order valence-corrected chi connectivity index (χ3v) is 2.19. The molecule has 0 heterocycles. The van der Waals surface area contributed by atoms with Crippen molar-refractivity contribution in [2.24, 2.45) is 0 Å². The fourth-order valence-corrected chi connectivity index (χ4v) is 1.45. The van der Waals surface area contributed by atoms with Gasteiger partial charge in [0.1, 0.15) is 5.75 Å². The van der Waals surface area contributed by atoms with Crippen LogP contribution in [0.15, 0.2) is 18.2 Å². The van der Waals surface area contributed by atoms with E-state index in [-0.39, 0.29) is 24.5 Å². The number of carbonyl (C=O) groups excluding carboxylic acids is 3. The molecular weight excluding hydrogens is 280 g/mol. The number of aryl methyl sites for hydroxylation is 1. The molecule has 0 amide bonds. The molecular formula is C14H16O7. The van der Waals surface area contributed by atoms with Gasteiger partial charge in [0.05, 0.1) is 18.8 Å². The largest absolute Gasteiger partial charge is 0.516 e. The fraction of sp³-hybridized carbons (Fsp3) is 0.357. The molecule has 0 aromatic heterocycles. The van der Waals surface area contributed by atoms with E-state index < -0.39 is 18.3 Å². The minimum absolute atomic E-state index is 0.0577. The minimum atomic E-state index is -1.09. The molecule has 0 aliphatic rings. The molecule has 0 bridgehead atoms. The van der Waals surface area contributed by atoms with Crippen molar-refractivity contribution in [3.8, 4) is 5.75 Å². The van der Waals surface area contributed by atoms with Gasteiger partial charge in [0.15, 0.2) is 0 Å². The van der Waals surface area contributed by atoms with Crippen LogP contribution in [0.4, 0.5) is 9.59 Å². The predicted molar refractivity (Wildman–Crippen MR) is 71.3 cm³/mol. The molecule has 0 radical (unpaired) electrons. The first-order chi connectivity index (χ1) is 9.96. The van der Waals surface area contributed by atoms with Gasteiger partial charge in [-0.05, 0) is 44.5 Å². The van der Waals surface area contributed by atoms with E-state index in [1.807, 2.05) is 0 Å². The average Bonchev–Trinajstić information content (AvgIpc) is 2.38. The van der Waals surface area contributed by atoms with Gasteiger partial charge in [-0.25, -0.2) is 14.4 Å². The Morgan fingerprint density at radius 2 is 1.57 bits per heavy atom. The fourth-order valence-electron chi connectivity index (χ4n) is 1.45. The number of rotatable bonds is 4. The van der Waals surface area contributed by atoms with Crippen LogP contribution in [-0.2, 0) is 14.2 Å². The van der Waals surface area contributed by atoms with Crippen molar-refractivity contribution in [2.45, 2.75) is 20.8 Å². The second-order valence-corrected chi connectivity index (χ2v) is 3.89. The van der Waals surface area contributed by atoms with Gasteiger partial charge in [0.2, 0.25) is 0 Å². The second-order valence-electron chi connectivity index (χ2n) is 3.89. The van der Waals surface area contributed by atoms with Crippen LogP contribution in [-0.4, -0.2) is 31.5 Å². The molecule has 0 spiro atoms. The maximum atomic E-state index is 11.8. The van der Waals surface area contributed by atoms with E-state index in [4.69, 9.17) is 4.74 Å². The van der Waals surface area contributed by atoms with Crippen LogP contribution in [0.3, 0.4) is 0 Å². The van der Waals surface area contributed by atoms with Gasteiger partial charge in [-0.2, -0.15) is 0 Å². The van der Waals surface area contributed by atoms with Gasteiger partial charge in [0.25, 0.3) is 0 Å². The average molecular weight is 296 g/mol. The summed E-state index contributed by atoms with van der Waals surface area (Å²) in [6.45, 7) is 5.18. The zero-order valence-electron chi connectivity index (χ0n) is 12.0. The predicted octanol–water partition coefficient (Wildman–Crippen LogP) is 2.84. The first-order valence-electron chi connectivity index (χ1n) is 6.31. The lowest BCUT2D eigenvalue weighted by Gasteiger charge is -2.08. The summed E-state index contributed by atoms with van der Waals surface area (Å²) in [6, 6.07) is 4.29. The van der Waals surface area contributed by atoms with Gasteiger partial charge in [0, 0.05) is 0 Å². The summed E-state index contributed by atoms with van der Waals surface area (Å²) in [5, 5.41) is 0. The first kappa shape index (κ1) is 16.5.